The summed E-state index contributed by atoms with van der Waals surface area (Å²) in [6.45, 7) is -0.308. The molecule has 1 atom stereocenters. The fourth-order valence-corrected chi connectivity index (χ4v) is 4.23. The Labute approximate surface area is 223 Å². The van der Waals surface area contributed by atoms with Crippen molar-refractivity contribution in [1.82, 2.24) is 14.5 Å². The molecule has 0 aliphatic carbocycles. The number of hydrogen-bond acceptors (Lipinski definition) is 5. The zero-order valence-corrected chi connectivity index (χ0v) is 22.4. The van der Waals surface area contributed by atoms with Crippen LogP contribution >= 0.6 is 0 Å². The molecule has 1 unspecified atom stereocenters. The summed E-state index contributed by atoms with van der Waals surface area (Å²) in [5.41, 5.74) is 2.17. The quantitative estimate of drug-likeness (QED) is 0.380. The van der Waals surface area contributed by atoms with Crippen LogP contribution in [-0.4, -0.2) is 62.4 Å². The van der Waals surface area contributed by atoms with Gasteiger partial charge in [0.15, 0.2) is 0 Å². The van der Waals surface area contributed by atoms with Gasteiger partial charge in [-0.05, 0) is 29.3 Å². The van der Waals surface area contributed by atoms with E-state index in [1.54, 1.807) is 13.2 Å². The van der Waals surface area contributed by atoms with Crippen LogP contribution in [0, 0.1) is 5.82 Å². The van der Waals surface area contributed by atoms with Gasteiger partial charge in [0.25, 0.3) is 0 Å². The van der Waals surface area contributed by atoms with Crippen molar-refractivity contribution in [1.29, 1.82) is 0 Å². The SMILES string of the molecule is COc1ccccc1CNC(=O)C(Cc1ccccc1)N(Cc1ccc(F)cc1)C(=O)CN(C)S(C)(=O)=O. The number of halogens is 1. The van der Waals surface area contributed by atoms with E-state index < -0.39 is 40.2 Å². The fraction of sp³-hybridized carbons (Fsp3) is 0.286. The van der Waals surface area contributed by atoms with Crippen LogP contribution in [-0.2, 0) is 39.1 Å². The van der Waals surface area contributed by atoms with E-state index in [2.05, 4.69) is 5.32 Å². The number of benzene rings is 3. The fourth-order valence-electron chi connectivity index (χ4n) is 3.89. The Kier molecular flexibility index (Phi) is 9.98. The van der Waals surface area contributed by atoms with Crippen molar-refractivity contribution in [3.8, 4) is 5.75 Å². The van der Waals surface area contributed by atoms with Gasteiger partial charge in [-0.1, -0.05) is 60.7 Å². The predicted octanol–water partition coefficient (Wildman–Crippen LogP) is 2.98. The Hall–Kier alpha value is -3.76. The van der Waals surface area contributed by atoms with Gasteiger partial charge in [-0.3, -0.25) is 9.59 Å². The molecule has 1 N–H and O–H groups in total. The third-order valence-electron chi connectivity index (χ3n) is 6.11. The lowest BCUT2D eigenvalue weighted by atomic mass is 10.0. The number of nitrogens with zero attached hydrogens (tertiary/aromatic N) is 2. The highest BCUT2D eigenvalue weighted by atomic mass is 32.2. The number of methoxy groups -OCH3 is 1. The lowest BCUT2D eigenvalue weighted by Gasteiger charge is -2.32. The molecule has 3 aromatic rings. The number of hydrogen-bond donors (Lipinski definition) is 1. The largest absolute Gasteiger partial charge is 0.496 e. The first-order valence-electron chi connectivity index (χ1n) is 12.0. The van der Waals surface area contributed by atoms with Crippen LogP contribution in [0.25, 0.3) is 0 Å². The molecule has 0 heterocycles. The average molecular weight is 542 g/mol. The number of rotatable bonds is 12. The van der Waals surface area contributed by atoms with Crippen LogP contribution in [0.3, 0.4) is 0 Å². The number of amides is 2. The number of sulfonamides is 1. The average Bonchev–Trinajstić information content (AvgIpc) is 2.90. The van der Waals surface area contributed by atoms with Gasteiger partial charge in [0.2, 0.25) is 21.8 Å². The lowest BCUT2D eigenvalue weighted by molar-refractivity contribution is -0.141. The minimum absolute atomic E-state index is 0.0176. The minimum Gasteiger partial charge on any atom is -0.496 e. The summed E-state index contributed by atoms with van der Waals surface area (Å²) in [5.74, 6) is -0.798. The third-order valence-corrected chi connectivity index (χ3v) is 7.37. The van der Waals surface area contributed by atoms with Crippen LogP contribution < -0.4 is 10.1 Å². The highest BCUT2D eigenvalue weighted by Gasteiger charge is 2.32. The normalized spacial score (nSPS) is 12.1. The van der Waals surface area contributed by atoms with E-state index >= 15 is 0 Å². The van der Waals surface area contributed by atoms with Gasteiger partial charge >= 0.3 is 0 Å². The highest BCUT2D eigenvalue weighted by Crippen LogP contribution is 2.19. The van der Waals surface area contributed by atoms with Crippen molar-refractivity contribution in [3.05, 3.63) is 101 Å². The monoisotopic (exact) mass is 541 g/mol. The zero-order chi connectivity index (χ0) is 27.7. The molecule has 2 amide bonds. The molecule has 3 aromatic carbocycles. The maximum Gasteiger partial charge on any atom is 0.243 e. The molecule has 0 bridgehead atoms. The molecule has 0 spiro atoms. The standard InChI is InChI=1S/C28H32FN3O5S/c1-31(38(3,35)36)20-27(33)32(19-22-13-15-24(29)16-14-22)25(17-21-9-5-4-6-10-21)28(34)30-18-23-11-7-8-12-26(23)37-2/h4-16,25H,17-20H2,1-3H3,(H,30,34). The molecule has 0 aliphatic heterocycles. The molecule has 0 aliphatic rings. The molecule has 202 valence electrons. The van der Waals surface area contributed by atoms with E-state index in [-0.39, 0.29) is 19.5 Å². The van der Waals surface area contributed by atoms with Gasteiger partial charge in [0.05, 0.1) is 19.9 Å². The number of likely N-dealkylation sites (N-methyl/N-ethyl adjacent to an activating group) is 1. The second-order valence-electron chi connectivity index (χ2n) is 8.90. The van der Waals surface area contributed by atoms with Gasteiger partial charge in [0.1, 0.15) is 17.6 Å². The summed E-state index contributed by atoms with van der Waals surface area (Å²) < 4.78 is 43.9. The summed E-state index contributed by atoms with van der Waals surface area (Å²) in [4.78, 5) is 28.5. The predicted molar refractivity (Wildman–Crippen MR) is 143 cm³/mol. The van der Waals surface area contributed by atoms with E-state index in [0.717, 1.165) is 21.7 Å². The van der Waals surface area contributed by atoms with E-state index in [9.17, 15) is 22.4 Å². The van der Waals surface area contributed by atoms with Crippen molar-refractivity contribution < 1.29 is 27.1 Å². The molecule has 0 aromatic heterocycles. The molecule has 10 heteroatoms. The van der Waals surface area contributed by atoms with E-state index in [1.807, 2.05) is 48.5 Å². The minimum atomic E-state index is -3.65. The van der Waals surface area contributed by atoms with Crippen LogP contribution in [0.4, 0.5) is 4.39 Å². The van der Waals surface area contributed by atoms with Gasteiger partial charge < -0.3 is 15.0 Å². The topological polar surface area (TPSA) is 96.0 Å². The van der Waals surface area contributed by atoms with Gasteiger partial charge in [-0.15, -0.1) is 0 Å². The summed E-state index contributed by atoms with van der Waals surface area (Å²) in [6, 6.07) is 21.1. The lowest BCUT2D eigenvalue weighted by Crippen LogP contribution is -2.52. The van der Waals surface area contributed by atoms with Crippen LogP contribution in [0.2, 0.25) is 0 Å². The molecule has 0 radical (unpaired) electrons. The van der Waals surface area contributed by atoms with Crippen LogP contribution in [0.15, 0.2) is 78.9 Å². The summed E-state index contributed by atoms with van der Waals surface area (Å²) in [5, 5.41) is 2.90. The molecule has 0 saturated heterocycles. The molecular formula is C28H32FN3O5S. The second-order valence-corrected chi connectivity index (χ2v) is 11.0. The van der Waals surface area contributed by atoms with Crippen LogP contribution in [0.5, 0.6) is 5.75 Å². The second kappa shape index (κ2) is 13.2. The molecule has 38 heavy (non-hydrogen) atoms. The molecule has 8 nitrogen and oxygen atoms in total. The third kappa shape index (κ3) is 8.12. The highest BCUT2D eigenvalue weighted by molar-refractivity contribution is 7.88. The van der Waals surface area contributed by atoms with Crippen molar-refractivity contribution in [2.75, 3.05) is 27.0 Å². The number of carbonyl (C=O) groups is 2. The van der Waals surface area contributed by atoms with Crippen LogP contribution in [0.1, 0.15) is 16.7 Å². The number of nitrogens with one attached hydrogen (secondary N) is 1. The summed E-state index contributed by atoms with van der Waals surface area (Å²) in [6.07, 6.45) is 1.19. The number of para-hydroxylation sites is 1. The van der Waals surface area contributed by atoms with E-state index in [1.165, 1.54) is 36.2 Å². The molecule has 0 fully saturated rings. The van der Waals surface area contributed by atoms with E-state index in [0.29, 0.717) is 11.3 Å². The van der Waals surface area contributed by atoms with Gasteiger partial charge in [-0.25, -0.2) is 12.8 Å². The Balaban J connectivity index is 1.96. The number of ether oxygens (including phenoxy) is 1. The first-order chi connectivity index (χ1) is 18.1. The van der Waals surface area contributed by atoms with Crippen molar-refractivity contribution >= 4 is 21.8 Å². The van der Waals surface area contributed by atoms with Crippen molar-refractivity contribution in [3.63, 3.8) is 0 Å². The zero-order valence-electron chi connectivity index (χ0n) is 21.6. The molecular weight excluding hydrogens is 509 g/mol. The Bertz CT molecular complexity index is 1330. The van der Waals surface area contributed by atoms with Gasteiger partial charge in [0, 0.05) is 32.1 Å². The Morgan fingerprint density at radius 2 is 1.58 bits per heavy atom. The summed E-state index contributed by atoms with van der Waals surface area (Å²) in [7, 11) is -0.802. The molecule has 3 rings (SSSR count). The summed E-state index contributed by atoms with van der Waals surface area (Å²) >= 11 is 0. The van der Waals surface area contributed by atoms with Crippen molar-refractivity contribution in [2.24, 2.45) is 0 Å². The maximum absolute atomic E-state index is 13.7. The smallest absolute Gasteiger partial charge is 0.243 e. The van der Waals surface area contributed by atoms with E-state index in [4.69, 9.17) is 4.74 Å². The first-order valence-corrected chi connectivity index (χ1v) is 13.8. The van der Waals surface area contributed by atoms with Crippen molar-refractivity contribution in [2.45, 2.75) is 25.6 Å². The Morgan fingerprint density at radius 3 is 2.21 bits per heavy atom. The number of carbonyl (C=O) groups excluding carboxylic acids is 2. The molecule has 0 saturated carbocycles. The first kappa shape index (κ1) is 28.8. The Morgan fingerprint density at radius 1 is 0.947 bits per heavy atom. The van der Waals surface area contributed by atoms with Gasteiger partial charge in [-0.2, -0.15) is 4.31 Å². The maximum atomic E-state index is 13.7.